The minimum Gasteiger partial charge on any atom is -0.206 e. The Morgan fingerprint density at radius 2 is 1.73 bits per heavy atom. The summed E-state index contributed by atoms with van der Waals surface area (Å²) in [7, 11) is 0. The van der Waals surface area contributed by atoms with E-state index in [1.807, 2.05) is 12.1 Å². The maximum atomic E-state index is 5.31. The molecule has 1 heterocycles. The number of rotatable bonds is 4. The standard InChI is InChI=1S/C20H22N4S2/c1-20(2,3)16-9-7-15(8-10-16)18-22-23-19(25)24(18)21-13-14-5-11-17(26-4)12-6-14/h5-13,18H,1-4H3. The zero-order valence-corrected chi connectivity index (χ0v) is 17.0. The average Bonchev–Trinajstić information content (AvgIpc) is 3.00. The Bertz CT molecular complexity index is 834. The van der Waals surface area contributed by atoms with E-state index in [0.717, 1.165) is 11.1 Å². The molecule has 134 valence electrons. The Kier molecular flexibility index (Phi) is 5.53. The molecule has 0 spiro atoms. The highest BCUT2D eigenvalue weighted by molar-refractivity contribution is 7.98. The summed E-state index contributed by atoms with van der Waals surface area (Å²) in [6.45, 7) is 6.60. The Morgan fingerprint density at radius 3 is 2.31 bits per heavy atom. The van der Waals surface area contributed by atoms with Crippen LogP contribution in [0, 0.1) is 0 Å². The van der Waals surface area contributed by atoms with Gasteiger partial charge in [-0.1, -0.05) is 57.2 Å². The van der Waals surface area contributed by atoms with Crippen LogP contribution in [0.15, 0.2) is 68.8 Å². The summed E-state index contributed by atoms with van der Waals surface area (Å²) in [5.41, 5.74) is 3.43. The predicted octanol–water partition coefficient (Wildman–Crippen LogP) is 5.79. The maximum Gasteiger partial charge on any atom is 0.238 e. The Labute approximate surface area is 164 Å². The van der Waals surface area contributed by atoms with E-state index in [-0.39, 0.29) is 11.6 Å². The topological polar surface area (TPSA) is 40.3 Å². The zero-order chi connectivity index (χ0) is 18.7. The molecule has 0 aliphatic carbocycles. The van der Waals surface area contributed by atoms with Crippen molar-refractivity contribution in [1.29, 1.82) is 0 Å². The molecule has 0 saturated carbocycles. The molecule has 4 nitrogen and oxygen atoms in total. The van der Waals surface area contributed by atoms with Crippen molar-refractivity contribution >= 4 is 35.3 Å². The van der Waals surface area contributed by atoms with Gasteiger partial charge in [-0.3, -0.25) is 0 Å². The van der Waals surface area contributed by atoms with Gasteiger partial charge in [0.05, 0.1) is 6.21 Å². The molecule has 0 saturated heterocycles. The quantitative estimate of drug-likeness (QED) is 0.382. The third-order valence-corrected chi connectivity index (χ3v) is 5.21. The molecule has 2 aromatic carbocycles. The molecule has 0 fully saturated rings. The van der Waals surface area contributed by atoms with Crippen molar-refractivity contribution in [1.82, 2.24) is 5.01 Å². The van der Waals surface area contributed by atoms with Gasteiger partial charge in [0, 0.05) is 10.5 Å². The number of hydrazone groups is 1. The molecule has 1 unspecified atom stereocenters. The molecule has 6 heteroatoms. The third kappa shape index (κ3) is 4.19. The molecular formula is C20H22N4S2. The van der Waals surface area contributed by atoms with E-state index in [1.165, 1.54) is 10.5 Å². The molecule has 0 amide bonds. The monoisotopic (exact) mass is 382 g/mol. The van der Waals surface area contributed by atoms with Crippen LogP contribution in [0.1, 0.15) is 43.6 Å². The van der Waals surface area contributed by atoms with Crippen molar-refractivity contribution in [2.24, 2.45) is 15.3 Å². The van der Waals surface area contributed by atoms with E-state index in [9.17, 15) is 0 Å². The SMILES string of the molecule is CSc1ccc(C=NN2C(=S)N=NC2c2ccc(C(C)(C)C)cc2)cc1. The maximum absolute atomic E-state index is 5.31. The van der Waals surface area contributed by atoms with E-state index < -0.39 is 0 Å². The molecule has 1 aliphatic rings. The van der Waals surface area contributed by atoms with Crippen LogP contribution >= 0.6 is 24.0 Å². The molecule has 0 aromatic heterocycles. The van der Waals surface area contributed by atoms with E-state index in [2.05, 4.69) is 78.8 Å². The van der Waals surface area contributed by atoms with E-state index in [1.54, 1.807) is 23.0 Å². The first-order chi connectivity index (χ1) is 12.4. The predicted molar refractivity (Wildman–Crippen MR) is 113 cm³/mol. The highest BCUT2D eigenvalue weighted by Gasteiger charge is 2.28. The van der Waals surface area contributed by atoms with Crippen LogP contribution in [0.2, 0.25) is 0 Å². The van der Waals surface area contributed by atoms with Gasteiger partial charge in [-0.05, 0) is 47.1 Å². The lowest BCUT2D eigenvalue weighted by atomic mass is 9.86. The fraction of sp³-hybridized carbons (Fsp3) is 0.300. The van der Waals surface area contributed by atoms with E-state index in [4.69, 9.17) is 12.2 Å². The summed E-state index contributed by atoms with van der Waals surface area (Å²) >= 11 is 7.02. The van der Waals surface area contributed by atoms with Gasteiger partial charge in [-0.2, -0.15) is 10.2 Å². The summed E-state index contributed by atoms with van der Waals surface area (Å²) in [5, 5.41) is 14.9. The van der Waals surface area contributed by atoms with Gasteiger partial charge >= 0.3 is 0 Å². The Hall–Kier alpha value is -2.05. The second-order valence-corrected chi connectivity index (χ2v) is 8.35. The van der Waals surface area contributed by atoms with Crippen molar-refractivity contribution in [3.05, 3.63) is 65.2 Å². The summed E-state index contributed by atoms with van der Waals surface area (Å²) in [6.07, 6.45) is 3.55. The van der Waals surface area contributed by atoms with Crippen LogP contribution in [0.5, 0.6) is 0 Å². The lowest BCUT2D eigenvalue weighted by Gasteiger charge is -2.21. The van der Waals surface area contributed by atoms with E-state index in [0.29, 0.717) is 5.11 Å². The number of thiocarbonyl (C=S) groups is 1. The molecule has 3 rings (SSSR count). The lowest BCUT2D eigenvalue weighted by Crippen LogP contribution is -2.22. The molecule has 2 aromatic rings. The second-order valence-electron chi connectivity index (χ2n) is 7.11. The van der Waals surface area contributed by atoms with E-state index >= 15 is 0 Å². The molecule has 0 radical (unpaired) electrons. The average molecular weight is 383 g/mol. The number of azo groups is 1. The second kappa shape index (κ2) is 7.68. The van der Waals surface area contributed by atoms with Gasteiger partial charge in [0.15, 0.2) is 6.17 Å². The lowest BCUT2D eigenvalue weighted by molar-refractivity contribution is 0.367. The molecule has 1 atom stereocenters. The Balaban J connectivity index is 1.79. The van der Waals surface area contributed by atoms with Crippen LogP contribution in [0.4, 0.5) is 0 Å². The first-order valence-corrected chi connectivity index (χ1v) is 10.0. The molecule has 1 aliphatic heterocycles. The first kappa shape index (κ1) is 18.7. The van der Waals surface area contributed by atoms with Gasteiger partial charge in [-0.25, -0.2) is 5.01 Å². The molecule has 0 N–H and O–H groups in total. The fourth-order valence-electron chi connectivity index (χ4n) is 2.60. The zero-order valence-electron chi connectivity index (χ0n) is 15.4. The largest absolute Gasteiger partial charge is 0.238 e. The van der Waals surface area contributed by atoms with Crippen molar-refractivity contribution in [2.45, 2.75) is 37.2 Å². The summed E-state index contributed by atoms with van der Waals surface area (Å²) in [4.78, 5) is 1.22. The van der Waals surface area contributed by atoms with Crippen molar-refractivity contribution in [3.8, 4) is 0 Å². The highest BCUT2D eigenvalue weighted by Crippen LogP contribution is 2.31. The fourth-order valence-corrected chi connectivity index (χ4v) is 3.20. The molecule has 26 heavy (non-hydrogen) atoms. The number of nitrogens with zero attached hydrogens (tertiary/aromatic N) is 4. The summed E-state index contributed by atoms with van der Waals surface area (Å²) in [6, 6.07) is 16.6. The van der Waals surface area contributed by atoms with Gasteiger partial charge in [0.25, 0.3) is 0 Å². The molecule has 0 bridgehead atoms. The molecular weight excluding hydrogens is 360 g/mol. The number of hydrogen-bond acceptors (Lipinski definition) is 4. The smallest absolute Gasteiger partial charge is 0.206 e. The summed E-state index contributed by atoms with van der Waals surface area (Å²) in [5.74, 6) is 0. The summed E-state index contributed by atoms with van der Waals surface area (Å²) < 4.78 is 0. The number of benzene rings is 2. The third-order valence-electron chi connectivity index (χ3n) is 4.20. The van der Waals surface area contributed by atoms with Crippen molar-refractivity contribution in [2.75, 3.05) is 6.26 Å². The van der Waals surface area contributed by atoms with Crippen LogP contribution in [-0.2, 0) is 5.41 Å². The Morgan fingerprint density at radius 1 is 1.08 bits per heavy atom. The van der Waals surface area contributed by atoms with Crippen LogP contribution in [-0.4, -0.2) is 22.6 Å². The van der Waals surface area contributed by atoms with Gasteiger partial charge in [0.2, 0.25) is 5.11 Å². The van der Waals surface area contributed by atoms with Crippen LogP contribution in [0.25, 0.3) is 0 Å². The van der Waals surface area contributed by atoms with Crippen molar-refractivity contribution in [3.63, 3.8) is 0 Å². The van der Waals surface area contributed by atoms with Gasteiger partial charge in [0.1, 0.15) is 0 Å². The first-order valence-electron chi connectivity index (χ1n) is 8.41. The number of hydrogen-bond donors (Lipinski definition) is 0. The van der Waals surface area contributed by atoms with Crippen molar-refractivity contribution < 1.29 is 0 Å². The highest BCUT2D eigenvalue weighted by atomic mass is 32.2. The van der Waals surface area contributed by atoms with Crippen LogP contribution in [0.3, 0.4) is 0 Å². The van der Waals surface area contributed by atoms with Crippen LogP contribution < -0.4 is 0 Å². The minimum atomic E-state index is -0.307. The number of thioether (sulfide) groups is 1. The van der Waals surface area contributed by atoms with Gasteiger partial charge in [-0.15, -0.1) is 16.9 Å². The minimum absolute atomic E-state index is 0.117. The van der Waals surface area contributed by atoms with Gasteiger partial charge < -0.3 is 0 Å². The normalized spacial score (nSPS) is 17.5.